The molecule has 0 aliphatic rings. The molecular formula is C18H17N5O3S. The molecule has 1 N–H and O–H groups in total. The highest BCUT2D eigenvalue weighted by Gasteiger charge is 2.19. The number of nitrogens with zero attached hydrogens (tertiary/aromatic N) is 4. The second-order valence-electron chi connectivity index (χ2n) is 5.48. The van der Waals surface area contributed by atoms with Gasteiger partial charge in [-0.15, -0.1) is 11.8 Å². The van der Waals surface area contributed by atoms with Crippen LogP contribution in [0.2, 0.25) is 0 Å². The predicted molar refractivity (Wildman–Crippen MR) is 101 cm³/mol. The molecule has 0 bridgehead atoms. The fourth-order valence-corrected chi connectivity index (χ4v) is 3.30. The fraction of sp³-hybridized carbons (Fsp3) is 0.167. The first-order valence-corrected chi connectivity index (χ1v) is 8.92. The van der Waals surface area contributed by atoms with Crippen LogP contribution in [0.1, 0.15) is 17.3 Å². The lowest BCUT2D eigenvalue weighted by molar-refractivity contribution is -0.139. The zero-order valence-electron chi connectivity index (χ0n) is 14.7. The molecule has 0 fully saturated rings. The zero-order valence-corrected chi connectivity index (χ0v) is 15.5. The number of carbonyl (C=O) groups excluding carboxylic acids is 2. The highest BCUT2D eigenvalue weighted by atomic mass is 32.2. The van der Waals surface area contributed by atoms with E-state index in [-0.39, 0.29) is 11.9 Å². The van der Waals surface area contributed by atoms with Crippen LogP contribution in [0.25, 0.3) is 5.82 Å². The lowest BCUT2D eigenvalue weighted by Crippen LogP contribution is -2.17. The van der Waals surface area contributed by atoms with Crippen molar-refractivity contribution in [1.82, 2.24) is 19.7 Å². The highest BCUT2D eigenvalue weighted by Crippen LogP contribution is 2.28. The van der Waals surface area contributed by atoms with Gasteiger partial charge in [-0.3, -0.25) is 9.59 Å². The lowest BCUT2D eigenvalue weighted by Gasteiger charge is -2.13. The monoisotopic (exact) mass is 383 g/mol. The van der Waals surface area contributed by atoms with Gasteiger partial charge in [-0.1, -0.05) is 12.1 Å². The van der Waals surface area contributed by atoms with Gasteiger partial charge in [-0.2, -0.15) is 5.10 Å². The van der Waals surface area contributed by atoms with Crippen LogP contribution in [0.4, 0.5) is 5.69 Å². The SMILES string of the molecule is COC(=O)C(C)Sc1ccccc1C(=O)Nc1ccc(-n2cncn2)nc1. The number of nitrogens with one attached hydrogen (secondary N) is 1. The Balaban J connectivity index is 1.74. The van der Waals surface area contributed by atoms with Crippen LogP contribution in [0, 0.1) is 0 Å². The summed E-state index contributed by atoms with van der Waals surface area (Å²) < 4.78 is 6.26. The molecule has 27 heavy (non-hydrogen) atoms. The molecule has 138 valence electrons. The number of carbonyl (C=O) groups is 2. The molecule has 1 aromatic carbocycles. The van der Waals surface area contributed by atoms with Crippen molar-refractivity contribution in [2.24, 2.45) is 0 Å². The Morgan fingerprint density at radius 1 is 1.22 bits per heavy atom. The number of esters is 1. The van der Waals surface area contributed by atoms with Crippen molar-refractivity contribution in [3.63, 3.8) is 0 Å². The molecule has 0 saturated heterocycles. The highest BCUT2D eigenvalue weighted by molar-refractivity contribution is 8.00. The Morgan fingerprint density at radius 2 is 2.04 bits per heavy atom. The van der Waals surface area contributed by atoms with Gasteiger partial charge in [-0.25, -0.2) is 14.6 Å². The number of ether oxygens (including phenoxy) is 1. The van der Waals surface area contributed by atoms with Crippen LogP contribution >= 0.6 is 11.8 Å². The molecule has 3 aromatic rings. The molecule has 8 nitrogen and oxygen atoms in total. The van der Waals surface area contributed by atoms with Gasteiger partial charge in [0.1, 0.15) is 17.9 Å². The van der Waals surface area contributed by atoms with Crippen molar-refractivity contribution in [3.8, 4) is 5.82 Å². The number of aromatic nitrogens is 4. The van der Waals surface area contributed by atoms with Gasteiger partial charge < -0.3 is 10.1 Å². The normalized spacial score (nSPS) is 11.6. The molecule has 0 aliphatic carbocycles. The Morgan fingerprint density at radius 3 is 2.70 bits per heavy atom. The molecule has 1 amide bonds. The average Bonchev–Trinajstić information content (AvgIpc) is 3.23. The van der Waals surface area contributed by atoms with E-state index in [0.29, 0.717) is 22.0 Å². The minimum Gasteiger partial charge on any atom is -0.468 e. The summed E-state index contributed by atoms with van der Waals surface area (Å²) in [6.07, 6.45) is 4.50. The van der Waals surface area contributed by atoms with E-state index >= 15 is 0 Å². The summed E-state index contributed by atoms with van der Waals surface area (Å²) in [7, 11) is 1.34. The number of anilines is 1. The molecule has 0 saturated carbocycles. The summed E-state index contributed by atoms with van der Waals surface area (Å²) >= 11 is 1.27. The topological polar surface area (TPSA) is 99.0 Å². The standard InChI is InChI=1S/C18H17N5O3S/c1-12(18(25)26-2)27-15-6-4-3-5-14(15)17(24)22-13-7-8-16(20-9-13)23-11-19-10-21-23/h3-12H,1-2H3,(H,22,24). The van der Waals surface area contributed by atoms with E-state index in [0.717, 1.165) is 0 Å². The molecule has 0 radical (unpaired) electrons. The van der Waals surface area contributed by atoms with Gasteiger partial charge in [0, 0.05) is 4.90 Å². The first kappa shape index (κ1) is 18.6. The van der Waals surface area contributed by atoms with Gasteiger partial charge in [0.15, 0.2) is 5.82 Å². The first-order chi connectivity index (χ1) is 13.1. The van der Waals surface area contributed by atoms with E-state index in [4.69, 9.17) is 4.74 Å². The maximum Gasteiger partial charge on any atom is 0.318 e. The fourth-order valence-electron chi connectivity index (χ4n) is 2.28. The lowest BCUT2D eigenvalue weighted by atomic mass is 10.2. The van der Waals surface area contributed by atoms with Crippen molar-refractivity contribution in [2.45, 2.75) is 17.1 Å². The van der Waals surface area contributed by atoms with Crippen LogP contribution in [-0.2, 0) is 9.53 Å². The third-order valence-electron chi connectivity index (χ3n) is 3.63. The van der Waals surface area contributed by atoms with Crippen LogP contribution in [0.3, 0.4) is 0 Å². The molecule has 2 heterocycles. The summed E-state index contributed by atoms with van der Waals surface area (Å²) in [6.45, 7) is 1.73. The number of amides is 1. The number of hydrogen-bond acceptors (Lipinski definition) is 7. The Hall–Kier alpha value is -3.20. The smallest absolute Gasteiger partial charge is 0.318 e. The van der Waals surface area contributed by atoms with Crippen LogP contribution in [0.15, 0.2) is 60.1 Å². The van der Waals surface area contributed by atoms with Crippen molar-refractivity contribution < 1.29 is 14.3 Å². The van der Waals surface area contributed by atoms with Crippen molar-refractivity contribution >= 4 is 29.3 Å². The summed E-state index contributed by atoms with van der Waals surface area (Å²) in [5.74, 6) is -0.0399. The minimum atomic E-state index is -0.424. The summed E-state index contributed by atoms with van der Waals surface area (Å²) in [4.78, 5) is 33.1. The van der Waals surface area contributed by atoms with Crippen molar-refractivity contribution in [1.29, 1.82) is 0 Å². The second-order valence-corrected chi connectivity index (χ2v) is 6.86. The molecule has 1 atom stereocenters. The maximum absolute atomic E-state index is 12.7. The van der Waals surface area contributed by atoms with Crippen LogP contribution < -0.4 is 5.32 Å². The largest absolute Gasteiger partial charge is 0.468 e. The third kappa shape index (κ3) is 4.50. The van der Waals surface area contributed by atoms with Gasteiger partial charge >= 0.3 is 5.97 Å². The van der Waals surface area contributed by atoms with Crippen molar-refractivity contribution in [2.75, 3.05) is 12.4 Å². The second kappa shape index (κ2) is 8.45. The Kier molecular flexibility index (Phi) is 5.82. The minimum absolute atomic E-state index is 0.287. The number of pyridine rings is 1. The van der Waals surface area contributed by atoms with E-state index < -0.39 is 5.25 Å². The first-order valence-electron chi connectivity index (χ1n) is 8.04. The van der Waals surface area contributed by atoms with E-state index in [1.54, 1.807) is 43.5 Å². The Labute approximate surface area is 160 Å². The van der Waals surface area contributed by atoms with E-state index in [9.17, 15) is 9.59 Å². The van der Waals surface area contributed by atoms with E-state index in [1.165, 1.54) is 36.2 Å². The molecule has 2 aromatic heterocycles. The average molecular weight is 383 g/mol. The van der Waals surface area contributed by atoms with Gasteiger partial charge in [0.2, 0.25) is 0 Å². The van der Waals surface area contributed by atoms with Crippen molar-refractivity contribution in [3.05, 3.63) is 60.8 Å². The zero-order chi connectivity index (χ0) is 19.2. The molecule has 1 unspecified atom stereocenters. The van der Waals surface area contributed by atoms with Gasteiger partial charge in [0.05, 0.1) is 24.6 Å². The number of benzene rings is 1. The van der Waals surface area contributed by atoms with Crippen LogP contribution in [-0.4, -0.2) is 44.0 Å². The third-order valence-corrected chi connectivity index (χ3v) is 4.78. The molecule has 9 heteroatoms. The van der Waals surface area contributed by atoms with E-state index in [2.05, 4.69) is 20.4 Å². The molecule has 0 aliphatic heterocycles. The Bertz CT molecular complexity index is 928. The number of methoxy groups -OCH3 is 1. The maximum atomic E-state index is 12.7. The van der Waals surface area contributed by atoms with Gasteiger partial charge in [0.25, 0.3) is 5.91 Å². The predicted octanol–water partition coefficient (Wildman–Crippen LogP) is 2.57. The quantitative estimate of drug-likeness (QED) is 0.516. The van der Waals surface area contributed by atoms with Gasteiger partial charge in [-0.05, 0) is 31.2 Å². The summed E-state index contributed by atoms with van der Waals surface area (Å²) in [5.41, 5.74) is 1.02. The number of rotatable bonds is 6. The molecular weight excluding hydrogens is 366 g/mol. The summed E-state index contributed by atoms with van der Waals surface area (Å²) in [6, 6.07) is 10.5. The summed E-state index contributed by atoms with van der Waals surface area (Å²) in [5, 5.41) is 6.39. The number of hydrogen-bond donors (Lipinski definition) is 1. The number of thioether (sulfide) groups is 1. The van der Waals surface area contributed by atoms with E-state index in [1.807, 2.05) is 6.07 Å². The molecule has 3 rings (SSSR count). The van der Waals surface area contributed by atoms with Crippen LogP contribution in [0.5, 0.6) is 0 Å². The molecule has 0 spiro atoms.